The molecule has 1 fully saturated rings. The summed E-state index contributed by atoms with van der Waals surface area (Å²) in [5.74, 6) is 1.39. The molecule has 0 heterocycles. The highest BCUT2D eigenvalue weighted by atomic mass is 32.2. The van der Waals surface area contributed by atoms with E-state index in [0.29, 0.717) is 19.0 Å². The number of hydrogen-bond acceptors (Lipinski definition) is 3. The first kappa shape index (κ1) is 16.8. The average molecular weight is 286 g/mol. The highest BCUT2D eigenvalue weighted by Crippen LogP contribution is 2.38. The van der Waals surface area contributed by atoms with Crippen LogP contribution in [0.15, 0.2) is 0 Å². The predicted molar refractivity (Wildman–Crippen MR) is 84.4 cm³/mol. The second-order valence-electron chi connectivity index (χ2n) is 6.08. The maximum atomic E-state index is 12.4. The molecule has 1 aliphatic carbocycles. The molecule has 0 saturated heterocycles. The van der Waals surface area contributed by atoms with Gasteiger partial charge in [-0.05, 0) is 50.2 Å². The molecule has 0 bridgehead atoms. The van der Waals surface area contributed by atoms with Gasteiger partial charge < -0.3 is 10.6 Å². The molecule has 0 radical (unpaired) electrons. The standard InChI is InChI=1S/C15H30N2OS/c1-13(7-10-19-3)17(2)14(18)11-15(12-16)8-5-4-6-9-15/h13H,4-12,16H2,1-3H3. The predicted octanol–water partition coefficient (Wildman–Crippen LogP) is 2.89. The Hall–Kier alpha value is -0.220. The molecular weight excluding hydrogens is 256 g/mol. The lowest BCUT2D eigenvalue weighted by Crippen LogP contribution is -2.42. The molecule has 0 aromatic rings. The Kier molecular flexibility index (Phi) is 7.22. The van der Waals surface area contributed by atoms with Gasteiger partial charge >= 0.3 is 0 Å². The van der Waals surface area contributed by atoms with Crippen LogP contribution in [-0.4, -0.2) is 42.4 Å². The van der Waals surface area contributed by atoms with Gasteiger partial charge in [0.15, 0.2) is 0 Å². The van der Waals surface area contributed by atoms with E-state index < -0.39 is 0 Å². The molecule has 1 saturated carbocycles. The number of amides is 1. The van der Waals surface area contributed by atoms with E-state index >= 15 is 0 Å². The van der Waals surface area contributed by atoms with E-state index in [-0.39, 0.29) is 11.3 Å². The largest absolute Gasteiger partial charge is 0.343 e. The molecular formula is C15H30N2OS. The van der Waals surface area contributed by atoms with Gasteiger partial charge in [0.2, 0.25) is 5.91 Å². The third-order valence-corrected chi connectivity index (χ3v) is 5.31. The minimum Gasteiger partial charge on any atom is -0.343 e. The van der Waals surface area contributed by atoms with Crippen LogP contribution in [0.25, 0.3) is 0 Å². The fourth-order valence-electron chi connectivity index (χ4n) is 2.93. The molecule has 1 rings (SSSR count). The molecule has 0 aromatic heterocycles. The van der Waals surface area contributed by atoms with E-state index in [4.69, 9.17) is 5.73 Å². The summed E-state index contributed by atoms with van der Waals surface area (Å²) in [5, 5.41) is 0. The number of hydrogen-bond donors (Lipinski definition) is 1. The van der Waals surface area contributed by atoms with Crippen molar-refractivity contribution in [3.8, 4) is 0 Å². The molecule has 1 atom stereocenters. The number of nitrogens with two attached hydrogens (primary N) is 1. The zero-order valence-electron chi connectivity index (χ0n) is 12.8. The zero-order valence-corrected chi connectivity index (χ0v) is 13.6. The van der Waals surface area contributed by atoms with Crippen LogP contribution >= 0.6 is 11.8 Å². The van der Waals surface area contributed by atoms with Crippen molar-refractivity contribution in [2.45, 2.75) is 57.9 Å². The second-order valence-corrected chi connectivity index (χ2v) is 7.06. The van der Waals surface area contributed by atoms with E-state index in [1.165, 1.54) is 19.3 Å². The van der Waals surface area contributed by atoms with Crippen LogP contribution in [0.2, 0.25) is 0 Å². The first-order valence-corrected chi connectivity index (χ1v) is 8.89. The number of carbonyl (C=O) groups is 1. The van der Waals surface area contributed by atoms with Crippen molar-refractivity contribution in [2.24, 2.45) is 11.1 Å². The molecule has 1 unspecified atom stereocenters. The normalized spacial score (nSPS) is 20.0. The fraction of sp³-hybridized carbons (Fsp3) is 0.933. The molecule has 0 spiro atoms. The first-order valence-electron chi connectivity index (χ1n) is 7.49. The molecule has 112 valence electrons. The van der Waals surface area contributed by atoms with Crippen LogP contribution in [0.4, 0.5) is 0 Å². The summed E-state index contributed by atoms with van der Waals surface area (Å²) in [5.41, 5.74) is 6.06. The summed E-state index contributed by atoms with van der Waals surface area (Å²) in [6, 6.07) is 0.332. The van der Waals surface area contributed by atoms with Crippen LogP contribution in [0, 0.1) is 5.41 Å². The van der Waals surface area contributed by atoms with Crippen molar-refractivity contribution in [1.82, 2.24) is 4.90 Å². The molecule has 0 aromatic carbocycles. The Labute approximate surface area is 122 Å². The van der Waals surface area contributed by atoms with Crippen molar-refractivity contribution < 1.29 is 4.79 Å². The van der Waals surface area contributed by atoms with E-state index in [2.05, 4.69) is 13.2 Å². The molecule has 19 heavy (non-hydrogen) atoms. The van der Waals surface area contributed by atoms with Crippen LogP contribution < -0.4 is 5.73 Å². The quantitative estimate of drug-likeness (QED) is 0.783. The summed E-state index contributed by atoms with van der Waals surface area (Å²) < 4.78 is 0. The van der Waals surface area contributed by atoms with Gasteiger partial charge in [0.05, 0.1) is 0 Å². The Morgan fingerprint density at radius 1 is 1.37 bits per heavy atom. The summed E-state index contributed by atoms with van der Waals surface area (Å²) in [6.07, 6.45) is 9.84. The maximum Gasteiger partial charge on any atom is 0.223 e. The Morgan fingerprint density at radius 3 is 2.53 bits per heavy atom. The Bertz CT molecular complexity index is 277. The topological polar surface area (TPSA) is 46.3 Å². The fourth-order valence-corrected chi connectivity index (χ4v) is 3.51. The number of rotatable bonds is 7. The third kappa shape index (κ3) is 4.99. The lowest BCUT2D eigenvalue weighted by Gasteiger charge is -2.37. The van der Waals surface area contributed by atoms with Crippen molar-refractivity contribution in [2.75, 3.05) is 25.6 Å². The minimum atomic E-state index is 0.0861. The van der Waals surface area contributed by atoms with Gasteiger partial charge in [0.25, 0.3) is 0 Å². The van der Waals surface area contributed by atoms with E-state index in [1.54, 1.807) is 0 Å². The van der Waals surface area contributed by atoms with Crippen LogP contribution in [0.3, 0.4) is 0 Å². The molecule has 4 heteroatoms. The smallest absolute Gasteiger partial charge is 0.223 e. The lowest BCUT2D eigenvalue weighted by atomic mass is 9.71. The number of carbonyl (C=O) groups excluding carboxylic acids is 1. The first-order chi connectivity index (χ1) is 9.04. The zero-order chi connectivity index (χ0) is 14.3. The molecule has 1 aliphatic rings. The van der Waals surface area contributed by atoms with Crippen molar-refractivity contribution in [1.29, 1.82) is 0 Å². The van der Waals surface area contributed by atoms with Gasteiger partial charge in [-0.1, -0.05) is 19.3 Å². The Balaban J connectivity index is 2.51. The van der Waals surface area contributed by atoms with E-state index in [9.17, 15) is 4.79 Å². The third-order valence-electron chi connectivity index (χ3n) is 4.67. The summed E-state index contributed by atoms with van der Waals surface area (Å²) in [4.78, 5) is 14.4. The highest BCUT2D eigenvalue weighted by Gasteiger charge is 2.34. The molecule has 3 nitrogen and oxygen atoms in total. The van der Waals surface area contributed by atoms with E-state index in [1.807, 2.05) is 23.7 Å². The summed E-state index contributed by atoms with van der Waals surface area (Å²) in [7, 11) is 1.94. The van der Waals surface area contributed by atoms with Crippen molar-refractivity contribution >= 4 is 17.7 Å². The molecule has 1 amide bonds. The summed E-state index contributed by atoms with van der Waals surface area (Å²) >= 11 is 1.84. The number of nitrogens with zero attached hydrogens (tertiary/aromatic N) is 1. The van der Waals surface area contributed by atoms with Crippen LogP contribution in [0.1, 0.15) is 51.9 Å². The molecule has 2 N–H and O–H groups in total. The van der Waals surface area contributed by atoms with E-state index in [0.717, 1.165) is 25.0 Å². The van der Waals surface area contributed by atoms with Crippen molar-refractivity contribution in [3.05, 3.63) is 0 Å². The van der Waals surface area contributed by atoms with Crippen LogP contribution in [-0.2, 0) is 4.79 Å². The van der Waals surface area contributed by atoms with Gasteiger partial charge in [-0.25, -0.2) is 0 Å². The van der Waals surface area contributed by atoms with Gasteiger partial charge in [0.1, 0.15) is 0 Å². The van der Waals surface area contributed by atoms with Gasteiger partial charge in [-0.2, -0.15) is 11.8 Å². The number of thioether (sulfide) groups is 1. The lowest BCUT2D eigenvalue weighted by molar-refractivity contribution is -0.134. The van der Waals surface area contributed by atoms with Gasteiger partial charge in [0, 0.05) is 19.5 Å². The SMILES string of the molecule is CSCCC(C)N(C)C(=O)CC1(CN)CCCCC1. The summed E-state index contributed by atoms with van der Waals surface area (Å²) in [6.45, 7) is 2.80. The van der Waals surface area contributed by atoms with Gasteiger partial charge in [-0.15, -0.1) is 0 Å². The molecule has 0 aliphatic heterocycles. The van der Waals surface area contributed by atoms with Gasteiger partial charge in [-0.3, -0.25) is 4.79 Å². The maximum absolute atomic E-state index is 12.4. The Morgan fingerprint density at radius 2 is 2.00 bits per heavy atom. The highest BCUT2D eigenvalue weighted by molar-refractivity contribution is 7.98. The minimum absolute atomic E-state index is 0.0861. The monoisotopic (exact) mass is 286 g/mol. The van der Waals surface area contributed by atoms with Crippen molar-refractivity contribution in [3.63, 3.8) is 0 Å². The average Bonchev–Trinajstić information content (AvgIpc) is 2.44. The second kappa shape index (κ2) is 8.15. The van der Waals surface area contributed by atoms with Crippen LogP contribution in [0.5, 0.6) is 0 Å².